The normalized spacial score (nSPS) is 19.5. The van der Waals surface area contributed by atoms with Gasteiger partial charge in [-0.2, -0.15) is 0 Å². The average molecular weight is 263 g/mol. The quantitative estimate of drug-likeness (QED) is 0.589. The van der Waals surface area contributed by atoms with Gasteiger partial charge in [0, 0.05) is 24.8 Å². The van der Waals surface area contributed by atoms with Gasteiger partial charge in [-0.15, -0.1) is 0 Å². The van der Waals surface area contributed by atoms with Crippen molar-refractivity contribution < 1.29 is 9.53 Å². The zero-order chi connectivity index (χ0) is 13.7. The fraction of sp³-hybridized carbons (Fsp3) is 0.500. The molecule has 1 atom stereocenters. The molecule has 104 valence electrons. The Labute approximate surface area is 113 Å². The Bertz CT molecular complexity index is 436. The Morgan fingerprint density at radius 1 is 1.47 bits per heavy atom. The minimum atomic E-state index is -0.182. The van der Waals surface area contributed by atoms with Crippen molar-refractivity contribution in [2.24, 2.45) is 11.7 Å². The van der Waals surface area contributed by atoms with E-state index in [2.05, 4.69) is 4.90 Å². The fourth-order valence-corrected chi connectivity index (χ4v) is 2.35. The maximum Gasteiger partial charge on any atom is 0.221 e. The van der Waals surface area contributed by atoms with Gasteiger partial charge in [0.25, 0.3) is 0 Å². The number of ether oxygens (including phenoxy) is 1. The second-order valence-electron chi connectivity index (χ2n) is 4.96. The van der Waals surface area contributed by atoms with Crippen LogP contribution in [0.4, 0.5) is 5.69 Å². The molecule has 0 spiro atoms. The molecule has 1 heterocycles. The first-order chi connectivity index (χ1) is 9.15. The van der Waals surface area contributed by atoms with Crippen molar-refractivity contribution in [2.45, 2.75) is 12.8 Å². The van der Waals surface area contributed by atoms with Crippen molar-refractivity contribution in [3.63, 3.8) is 0 Å². The molecule has 1 fully saturated rings. The van der Waals surface area contributed by atoms with Crippen molar-refractivity contribution in [3.8, 4) is 5.75 Å². The van der Waals surface area contributed by atoms with E-state index in [0.717, 1.165) is 38.2 Å². The fourth-order valence-electron chi connectivity index (χ4n) is 2.35. The molecule has 1 saturated heterocycles. The molecule has 0 aliphatic carbocycles. The third kappa shape index (κ3) is 4.13. The number of carbonyl (C=O) groups is 1. The van der Waals surface area contributed by atoms with Gasteiger partial charge in [0.2, 0.25) is 5.91 Å². The molecular formula is C14H21N3O2. The number of hydrogen-bond acceptors (Lipinski definition) is 4. The highest BCUT2D eigenvalue weighted by molar-refractivity contribution is 5.77. The lowest BCUT2D eigenvalue weighted by molar-refractivity contribution is -0.121. The highest BCUT2D eigenvalue weighted by atomic mass is 16.5. The van der Waals surface area contributed by atoms with E-state index in [4.69, 9.17) is 16.2 Å². The predicted octanol–water partition coefficient (Wildman–Crippen LogP) is 0.845. The highest BCUT2D eigenvalue weighted by Gasteiger charge is 2.25. The van der Waals surface area contributed by atoms with Crippen LogP contribution in [0.25, 0.3) is 0 Å². The number of nitrogens with zero attached hydrogens (tertiary/aromatic N) is 1. The van der Waals surface area contributed by atoms with Gasteiger partial charge in [-0.05, 0) is 31.5 Å². The summed E-state index contributed by atoms with van der Waals surface area (Å²) in [5.41, 5.74) is 11.7. The van der Waals surface area contributed by atoms with E-state index in [0.29, 0.717) is 12.3 Å². The molecular weight excluding hydrogens is 242 g/mol. The van der Waals surface area contributed by atoms with Crippen LogP contribution < -0.4 is 16.2 Å². The van der Waals surface area contributed by atoms with Gasteiger partial charge in [-0.1, -0.05) is 6.07 Å². The summed E-state index contributed by atoms with van der Waals surface area (Å²) >= 11 is 0. The van der Waals surface area contributed by atoms with Crippen molar-refractivity contribution in [1.29, 1.82) is 0 Å². The van der Waals surface area contributed by atoms with Crippen molar-refractivity contribution in [3.05, 3.63) is 24.3 Å². The van der Waals surface area contributed by atoms with E-state index in [1.54, 1.807) is 0 Å². The van der Waals surface area contributed by atoms with Crippen LogP contribution in [0.5, 0.6) is 5.75 Å². The number of carbonyl (C=O) groups excluding carboxylic acids is 1. The molecule has 1 aliphatic heterocycles. The van der Waals surface area contributed by atoms with Gasteiger partial charge in [-0.3, -0.25) is 4.79 Å². The maximum absolute atomic E-state index is 11.1. The van der Waals surface area contributed by atoms with Gasteiger partial charge in [0.15, 0.2) is 0 Å². The molecule has 1 aliphatic rings. The van der Waals surface area contributed by atoms with E-state index < -0.39 is 0 Å². The van der Waals surface area contributed by atoms with Crippen LogP contribution in [-0.2, 0) is 4.79 Å². The smallest absolute Gasteiger partial charge is 0.221 e. The first-order valence-corrected chi connectivity index (χ1v) is 6.65. The van der Waals surface area contributed by atoms with Gasteiger partial charge >= 0.3 is 0 Å². The van der Waals surface area contributed by atoms with Crippen LogP contribution in [0, 0.1) is 5.92 Å². The van der Waals surface area contributed by atoms with E-state index in [-0.39, 0.29) is 11.8 Å². The number of amides is 1. The summed E-state index contributed by atoms with van der Waals surface area (Å²) in [6, 6.07) is 7.43. The SMILES string of the molecule is NC(=O)C1CCN(CCCOc2cccc(N)c2)C1. The minimum absolute atomic E-state index is 0.0230. The van der Waals surface area contributed by atoms with Gasteiger partial charge < -0.3 is 21.1 Å². The van der Waals surface area contributed by atoms with E-state index in [1.165, 1.54) is 0 Å². The Hall–Kier alpha value is -1.75. The Morgan fingerprint density at radius 3 is 3.00 bits per heavy atom. The summed E-state index contributed by atoms with van der Waals surface area (Å²) in [4.78, 5) is 13.3. The molecule has 1 aromatic rings. The number of benzene rings is 1. The molecule has 0 radical (unpaired) electrons. The van der Waals surface area contributed by atoms with E-state index in [9.17, 15) is 4.79 Å². The molecule has 0 saturated carbocycles. The zero-order valence-corrected chi connectivity index (χ0v) is 11.0. The summed E-state index contributed by atoms with van der Waals surface area (Å²) in [7, 11) is 0. The van der Waals surface area contributed by atoms with E-state index >= 15 is 0 Å². The molecule has 5 nitrogen and oxygen atoms in total. The van der Waals surface area contributed by atoms with Crippen LogP contribution in [0.3, 0.4) is 0 Å². The second kappa shape index (κ2) is 6.43. The minimum Gasteiger partial charge on any atom is -0.493 e. The number of rotatable bonds is 6. The van der Waals surface area contributed by atoms with Crippen LogP contribution in [0.15, 0.2) is 24.3 Å². The van der Waals surface area contributed by atoms with Gasteiger partial charge in [-0.25, -0.2) is 0 Å². The molecule has 1 unspecified atom stereocenters. The molecule has 2 rings (SSSR count). The van der Waals surface area contributed by atoms with Gasteiger partial charge in [0.1, 0.15) is 5.75 Å². The standard InChI is InChI=1S/C14H21N3O2/c15-12-3-1-4-13(9-12)19-8-2-6-17-7-5-11(10-17)14(16)18/h1,3-4,9,11H,2,5-8,10,15H2,(H2,16,18). The van der Waals surface area contributed by atoms with Crippen molar-refractivity contribution in [2.75, 3.05) is 32.0 Å². The van der Waals surface area contributed by atoms with Crippen molar-refractivity contribution >= 4 is 11.6 Å². The van der Waals surface area contributed by atoms with Gasteiger partial charge in [0.05, 0.1) is 12.5 Å². The number of hydrogen-bond donors (Lipinski definition) is 2. The van der Waals surface area contributed by atoms with E-state index in [1.807, 2.05) is 24.3 Å². The topological polar surface area (TPSA) is 81.6 Å². The molecule has 5 heteroatoms. The van der Waals surface area contributed by atoms with Crippen LogP contribution in [0.2, 0.25) is 0 Å². The Balaban J connectivity index is 1.64. The molecule has 4 N–H and O–H groups in total. The number of likely N-dealkylation sites (tertiary alicyclic amines) is 1. The summed E-state index contributed by atoms with van der Waals surface area (Å²) < 4.78 is 5.62. The molecule has 1 amide bonds. The zero-order valence-electron chi connectivity index (χ0n) is 11.0. The lowest BCUT2D eigenvalue weighted by Gasteiger charge is -2.15. The molecule has 0 aromatic heterocycles. The summed E-state index contributed by atoms with van der Waals surface area (Å²) in [6.07, 6.45) is 1.81. The predicted molar refractivity (Wildman–Crippen MR) is 74.7 cm³/mol. The first-order valence-electron chi connectivity index (χ1n) is 6.65. The summed E-state index contributed by atoms with van der Waals surface area (Å²) in [5.74, 6) is 0.643. The maximum atomic E-state index is 11.1. The first kappa shape index (κ1) is 13.7. The highest BCUT2D eigenvalue weighted by Crippen LogP contribution is 2.17. The van der Waals surface area contributed by atoms with Crippen molar-refractivity contribution in [1.82, 2.24) is 4.90 Å². The lowest BCUT2D eigenvalue weighted by Crippen LogP contribution is -2.28. The largest absolute Gasteiger partial charge is 0.493 e. The molecule has 1 aromatic carbocycles. The molecule has 19 heavy (non-hydrogen) atoms. The average Bonchev–Trinajstić information content (AvgIpc) is 2.84. The third-order valence-electron chi connectivity index (χ3n) is 3.42. The number of nitrogen functional groups attached to an aromatic ring is 1. The number of nitrogens with two attached hydrogens (primary N) is 2. The number of anilines is 1. The van der Waals surface area contributed by atoms with Crippen LogP contribution >= 0.6 is 0 Å². The Morgan fingerprint density at radius 2 is 2.32 bits per heavy atom. The summed E-state index contributed by atoms with van der Waals surface area (Å²) in [6.45, 7) is 3.33. The monoisotopic (exact) mass is 263 g/mol. The van der Waals surface area contributed by atoms with Crippen LogP contribution in [-0.4, -0.2) is 37.0 Å². The molecule has 0 bridgehead atoms. The third-order valence-corrected chi connectivity index (χ3v) is 3.42. The lowest BCUT2D eigenvalue weighted by atomic mass is 10.1. The summed E-state index contributed by atoms with van der Waals surface area (Å²) in [5, 5.41) is 0. The second-order valence-corrected chi connectivity index (χ2v) is 4.96. The number of primary amides is 1. The van der Waals surface area contributed by atoms with Crippen LogP contribution in [0.1, 0.15) is 12.8 Å². The Kier molecular flexibility index (Phi) is 4.63.